The number of hydrazine groups is 1. The number of carbonyl (C=O) groups excluding carboxylic acids is 1. The highest BCUT2D eigenvalue weighted by Crippen LogP contribution is 2.38. The fraction of sp³-hybridized carbons (Fsp3) is 0.643. The van der Waals surface area contributed by atoms with E-state index in [4.69, 9.17) is 0 Å². The Morgan fingerprint density at radius 3 is 2.67 bits per heavy atom. The number of hydrogen-bond acceptors (Lipinski definition) is 5. The first-order valence-electron chi connectivity index (χ1n) is 7.43. The number of likely N-dealkylation sites (N-methyl/N-ethyl adjacent to an activating group) is 1. The van der Waals surface area contributed by atoms with Crippen molar-refractivity contribution in [2.24, 2.45) is 0 Å². The second-order valence-electron chi connectivity index (χ2n) is 5.85. The number of carbonyl (C=O) groups is 1. The van der Waals surface area contributed by atoms with Gasteiger partial charge in [0.15, 0.2) is 0 Å². The summed E-state index contributed by atoms with van der Waals surface area (Å²) in [5, 5.41) is 6.20. The summed E-state index contributed by atoms with van der Waals surface area (Å²) in [5.41, 5.74) is 3.54. The van der Waals surface area contributed by atoms with E-state index in [1.165, 1.54) is 10.7 Å². The van der Waals surface area contributed by atoms with E-state index < -0.39 is 0 Å². The molecule has 1 N–H and O–H groups in total. The highest BCUT2D eigenvalue weighted by atomic mass is 16.2. The van der Waals surface area contributed by atoms with Crippen LogP contribution in [0.1, 0.15) is 24.5 Å². The Bertz CT molecular complexity index is 573. The molecule has 7 nitrogen and oxygen atoms in total. The molecule has 0 unspecified atom stereocenters. The summed E-state index contributed by atoms with van der Waals surface area (Å²) in [6, 6.07) is 3.28. The van der Waals surface area contributed by atoms with Gasteiger partial charge in [0.2, 0.25) is 0 Å². The molecule has 1 aliphatic carbocycles. The lowest BCUT2D eigenvalue weighted by Gasteiger charge is -2.32. The maximum atomic E-state index is 12.0. The number of hydrogen-bond donors (Lipinski definition) is 1. The van der Waals surface area contributed by atoms with Crippen molar-refractivity contribution in [3.63, 3.8) is 0 Å². The summed E-state index contributed by atoms with van der Waals surface area (Å²) in [6.45, 7) is 3.43. The number of aromatic nitrogens is 2. The molecule has 1 aliphatic heterocycles. The van der Waals surface area contributed by atoms with E-state index in [0.29, 0.717) is 5.92 Å². The standard InChI is InChI=1S/C14H21N5O2/c1-17-6-8-18(9-7-17)16-13(20)10-19-14(21)5-4-12(15-19)11-2-3-11/h4-5,11H,2-3,6-10H2,1H3,(H,16,20). The number of amides is 1. The quantitative estimate of drug-likeness (QED) is 0.802. The van der Waals surface area contributed by atoms with Crippen molar-refractivity contribution in [2.45, 2.75) is 25.3 Å². The van der Waals surface area contributed by atoms with Crippen LogP contribution in [0.3, 0.4) is 0 Å². The molecular weight excluding hydrogens is 270 g/mol. The molecule has 7 heteroatoms. The largest absolute Gasteiger partial charge is 0.304 e. The lowest BCUT2D eigenvalue weighted by atomic mass is 10.3. The van der Waals surface area contributed by atoms with Crippen LogP contribution in [-0.4, -0.2) is 58.8 Å². The minimum Gasteiger partial charge on any atom is -0.304 e. The van der Waals surface area contributed by atoms with Gasteiger partial charge in [0.05, 0.1) is 5.69 Å². The molecule has 0 radical (unpaired) electrons. The predicted octanol–water partition coefficient (Wildman–Crippen LogP) is -0.601. The molecule has 0 aromatic carbocycles. The third-order valence-electron chi connectivity index (χ3n) is 3.96. The lowest BCUT2D eigenvalue weighted by Crippen LogP contribution is -2.53. The summed E-state index contributed by atoms with van der Waals surface area (Å²) >= 11 is 0. The van der Waals surface area contributed by atoms with Crippen LogP contribution in [-0.2, 0) is 11.3 Å². The second kappa shape index (κ2) is 5.95. The predicted molar refractivity (Wildman–Crippen MR) is 77.7 cm³/mol. The minimum atomic E-state index is -0.229. The smallest absolute Gasteiger partial charge is 0.267 e. The minimum absolute atomic E-state index is 0.0221. The SMILES string of the molecule is CN1CCN(NC(=O)Cn2nc(C3CC3)ccc2=O)CC1. The number of nitrogens with one attached hydrogen (secondary N) is 1. The number of piperazine rings is 1. The highest BCUT2D eigenvalue weighted by molar-refractivity contribution is 5.75. The molecule has 1 amide bonds. The van der Waals surface area contributed by atoms with Gasteiger partial charge in [-0.25, -0.2) is 9.69 Å². The average Bonchev–Trinajstić information content (AvgIpc) is 3.28. The molecule has 1 saturated heterocycles. The van der Waals surface area contributed by atoms with E-state index in [1.807, 2.05) is 5.01 Å². The molecule has 0 spiro atoms. The van der Waals surface area contributed by atoms with Crippen LogP contribution in [0.2, 0.25) is 0 Å². The fourth-order valence-electron chi connectivity index (χ4n) is 2.44. The van der Waals surface area contributed by atoms with Gasteiger partial charge >= 0.3 is 0 Å². The zero-order chi connectivity index (χ0) is 14.8. The van der Waals surface area contributed by atoms with Crippen LogP contribution in [0.4, 0.5) is 0 Å². The Morgan fingerprint density at radius 1 is 1.29 bits per heavy atom. The monoisotopic (exact) mass is 291 g/mol. The molecule has 2 heterocycles. The number of nitrogens with zero attached hydrogens (tertiary/aromatic N) is 4. The second-order valence-corrected chi connectivity index (χ2v) is 5.85. The van der Waals surface area contributed by atoms with Crippen molar-refractivity contribution in [3.05, 3.63) is 28.2 Å². The van der Waals surface area contributed by atoms with E-state index in [1.54, 1.807) is 6.07 Å². The molecule has 21 heavy (non-hydrogen) atoms. The molecule has 1 aromatic heterocycles. The molecule has 1 aromatic rings. The molecule has 2 aliphatic rings. The molecule has 0 atom stereocenters. The van der Waals surface area contributed by atoms with Gasteiger partial charge in [-0.2, -0.15) is 5.10 Å². The van der Waals surface area contributed by atoms with Crippen molar-refractivity contribution in [1.82, 2.24) is 25.1 Å². The van der Waals surface area contributed by atoms with Gasteiger partial charge in [0, 0.05) is 38.2 Å². The Morgan fingerprint density at radius 2 is 2.00 bits per heavy atom. The maximum absolute atomic E-state index is 12.0. The van der Waals surface area contributed by atoms with Crippen LogP contribution < -0.4 is 11.0 Å². The summed E-state index contributed by atoms with van der Waals surface area (Å²) in [7, 11) is 2.06. The van der Waals surface area contributed by atoms with E-state index in [2.05, 4.69) is 22.5 Å². The molecule has 114 valence electrons. The Hall–Kier alpha value is -1.73. The molecule has 1 saturated carbocycles. The van der Waals surface area contributed by atoms with Crippen LogP contribution in [0.15, 0.2) is 16.9 Å². The summed E-state index contributed by atoms with van der Waals surface area (Å²) < 4.78 is 1.26. The summed E-state index contributed by atoms with van der Waals surface area (Å²) in [4.78, 5) is 26.0. The van der Waals surface area contributed by atoms with E-state index in [9.17, 15) is 9.59 Å². The van der Waals surface area contributed by atoms with Gasteiger partial charge in [-0.05, 0) is 26.0 Å². The zero-order valence-corrected chi connectivity index (χ0v) is 12.3. The third kappa shape index (κ3) is 3.68. The highest BCUT2D eigenvalue weighted by Gasteiger charge is 2.25. The summed E-state index contributed by atoms with van der Waals surface area (Å²) in [6.07, 6.45) is 2.25. The number of rotatable bonds is 4. The van der Waals surface area contributed by atoms with Crippen LogP contribution in [0.5, 0.6) is 0 Å². The van der Waals surface area contributed by atoms with Crippen LogP contribution in [0, 0.1) is 0 Å². The van der Waals surface area contributed by atoms with Gasteiger partial charge in [-0.3, -0.25) is 15.0 Å². The topological polar surface area (TPSA) is 70.5 Å². The van der Waals surface area contributed by atoms with Crippen LogP contribution in [0.25, 0.3) is 0 Å². The van der Waals surface area contributed by atoms with E-state index in [-0.39, 0.29) is 18.0 Å². The fourth-order valence-corrected chi connectivity index (χ4v) is 2.44. The van der Waals surface area contributed by atoms with E-state index >= 15 is 0 Å². The Balaban J connectivity index is 1.59. The molecule has 2 fully saturated rings. The van der Waals surface area contributed by atoms with Gasteiger partial charge < -0.3 is 4.90 Å². The first-order valence-corrected chi connectivity index (χ1v) is 7.43. The van der Waals surface area contributed by atoms with Gasteiger partial charge in [0.25, 0.3) is 11.5 Å². The average molecular weight is 291 g/mol. The zero-order valence-electron chi connectivity index (χ0n) is 12.3. The van der Waals surface area contributed by atoms with Crippen molar-refractivity contribution in [2.75, 3.05) is 33.2 Å². The first-order chi connectivity index (χ1) is 10.1. The first kappa shape index (κ1) is 14.2. The van der Waals surface area contributed by atoms with E-state index in [0.717, 1.165) is 44.7 Å². The van der Waals surface area contributed by atoms with Crippen molar-refractivity contribution >= 4 is 5.91 Å². The summed E-state index contributed by atoms with van der Waals surface area (Å²) in [5.74, 6) is 0.277. The Labute approximate surface area is 123 Å². The molecule has 0 bridgehead atoms. The van der Waals surface area contributed by atoms with Gasteiger partial charge in [-0.15, -0.1) is 0 Å². The van der Waals surface area contributed by atoms with Crippen molar-refractivity contribution in [1.29, 1.82) is 0 Å². The Kier molecular flexibility index (Phi) is 4.03. The van der Waals surface area contributed by atoms with Gasteiger partial charge in [-0.1, -0.05) is 0 Å². The van der Waals surface area contributed by atoms with Crippen molar-refractivity contribution < 1.29 is 4.79 Å². The molecule has 3 rings (SSSR count). The van der Waals surface area contributed by atoms with Crippen LogP contribution >= 0.6 is 0 Å². The van der Waals surface area contributed by atoms with Crippen molar-refractivity contribution in [3.8, 4) is 0 Å². The molecular formula is C14H21N5O2. The third-order valence-corrected chi connectivity index (χ3v) is 3.96. The van der Waals surface area contributed by atoms with Gasteiger partial charge in [0.1, 0.15) is 6.54 Å². The lowest BCUT2D eigenvalue weighted by molar-refractivity contribution is -0.127. The maximum Gasteiger partial charge on any atom is 0.267 e. The normalized spacial score (nSPS) is 20.4.